The van der Waals surface area contributed by atoms with Crippen molar-refractivity contribution in [3.05, 3.63) is 57.6 Å². The SMILES string of the molecule is CCCC(=O)N1CCN(c2ccc(Cl)cc2NC(=O)c2ccc(C)c(Cl)c2)CC1. The number of hydrogen-bond donors (Lipinski definition) is 1. The molecule has 2 aromatic rings. The van der Waals surface area contributed by atoms with Gasteiger partial charge in [0.25, 0.3) is 5.91 Å². The van der Waals surface area contributed by atoms with E-state index in [2.05, 4.69) is 10.2 Å². The molecule has 0 spiro atoms. The molecule has 1 saturated heterocycles. The highest BCUT2D eigenvalue weighted by Gasteiger charge is 2.23. The van der Waals surface area contributed by atoms with Gasteiger partial charge in [0.1, 0.15) is 0 Å². The molecule has 7 heteroatoms. The molecular weight excluding hydrogens is 409 g/mol. The van der Waals surface area contributed by atoms with Crippen LogP contribution in [0.25, 0.3) is 0 Å². The summed E-state index contributed by atoms with van der Waals surface area (Å²) in [7, 11) is 0. The number of hydrogen-bond acceptors (Lipinski definition) is 3. The lowest BCUT2D eigenvalue weighted by Crippen LogP contribution is -2.48. The summed E-state index contributed by atoms with van der Waals surface area (Å²) in [5.41, 5.74) is 2.94. The number of nitrogens with zero attached hydrogens (tertiary/aromatic N) is 2. The number of nitrogens with one attached hydrogen (secondary N) is 1. The van der Waals surface area contributed by atoms with Crippen molar-refractivity contribution in [3.63, 3.8) is 0 Å². The summed E-state index contributed by atoms with van der Waals surface area (Å²) in [4.78, 5) is 29.0. The smallest absolute Gasteiger partial charge is 0.255 e. The van der Waals surface area contributed by atoms with Crippen LogP contribution in [0.2, 0.25) is 10.0 Å². The molecule has 2 amide bonds. The average molecular weight is 434 g/mol. The van der Waals surface area contributed by atoms with E-state index in [9.17, 15) is 9.59 Å². The van der Waals surface area contributed by atoms with Gasteiger partial charge in [-0.3, -0.25) is 9.59 Å². The molecule has 0 bridgehead atoms. The second-order valence-electron chi connectivity index (χ2n) is 7.20. The summed E-state index contributed by atoms with van der Waals surface area (Å²) in [6, 6.07) is 10.7. The van der Waals surface area contributed by atoms with Crippen molar-refractivity contribution in [3.8, 4) is 0 Å². The highest BCUT2D eigenvalue weighted by atomic mass is 35.5. The first kappa shape index (κ1) is 21.5. The number of amides is 2. The van der Waals surface area contributed by atoms with Crippen LogP contribution in [0.1, 0.15) is 35.7 Å². The molecule has 0 aliphatic carbocycles. The van der Waals surface area contributed by atoms with E-state index < -0.39 is 0 Å². The van der Waals surface area contributed by atoms with Crippen LogP contribution in [0.5, 0.6) is 0 Å². The first-order chi connectivity index (χ1) is 13.9. The van der Waals surface area contributed by atoms with Crippen LogP contribution in [0.3, 0.4) is 0 Å². The number of piperazine rings is 1. The minimum absolute atomic E-state index is 0.202. The maximum Gasteiger partial charge on any atom is 0.255 e. The van der Waals surface area contributed by atoms with Crippen LogP contribution in [0.15, 0.2) is 36.4 Å². The van der Waals surface area contributed by atoms with Gasteiger partial charge in [0, 0.05) is 48.2 Å². The molecule has 1 aliphatic heterocycles. The molecule has 5 nitrogen and oxygen atoms in total. The van der Waals surface area contributed by atoms with Gasteiger partial charge < -0.3 is 15.1 Å². The Bertz CT molecular complexity index is 909. The van der Waals surface area contributed by atoms with Crippen molar-refractivity contribution in [2.45, 2.75) is 26.7 Å². The predicted molar refractivity (Wildman–Crippen MR) is 119 cm³/mol. The molecule has 1 heterocycles. The van der Waals surface area contributed by atoms with Gasteiger partial charge in [0.05, 0.1) is 11.4 Å². The Morgan fingerprint density at radius 3 is 2.41 bits per heavy atom. The zero-order chi connectivity index (χ0) is 21.0. The molecule has 1 aliphatic rings. The standard InChI is InChI=1S/C22H25Cl2N3O2/c1-3-4-21(28)27-11-9-26(10-12-27)20-8-7-17(23)14-19(20)25-22(29)16-6-5-15(2)18(24)13-16/h5-8,13-14H,3-4,9-12H2,1-2H3,(H,25,29). The molecule has 29 heavy (non-hydrogen) atoms. The second-order valence-corrected chi connectivity index (χ2v) is 8.04. The van der Waals surface area contributed by atoms with E-state index in [4.69, 9.17) is 23.2 Å². The Morgan fingerprint density at radius 1 is 1.03 bits per heavy atom. The van der Waals surface area contributed by atoms with E-state index in [1.807, 2.05) is 36.9 Å². The summed E-state index contributed by atoms with van der Waals surface area (Å²) >= 11 is 12.3. The quantitative estimate of drug-likeness (QED) is 0.721. The fraction of sp³-hybridized carbons (Fsp3) is 0.364. The summed E-state index contributed by atoms with van der Waals surface area (Å²) in [5.74, 6) is -0.0415. The fourth-order valence-electron chi connectivity index (χ4n) is 3.38. The average Bonchev–Trinajstić information content (AvgIpc) is 2.70. The predicted octanol–water partition coefficient (Wildman–Crippen LogP) is 5.00. The fourth-order valence-corrected chi connectivity index (χ4v) is 3.73. The third-order valence-corrected chi connectivity index (χ3v) is 5.72. The Balaban J connectivity index is 1.75. The normalized spacial score (nSPS) is 14.1. The molecular formula is C22H25Cl2N3O2. The maximum absolute atomic E-state index is 12.8. The number of carbonyl (C=O) groups excluding carboxylic acids is 2. The lowest BCUT2D eigenvalue weighted by molar-refractivity contribution is -0.131. The van der Waals surface area contributed by atoms with Gasteiger partial charge in [-0.15, -0.1) is 0 Å². The summed E-state index contributed by atoms with van der Waals surface area (Å²) < 4.78 is 0. The Morgan fingerprint density at radius 2 is 1.76 bits per heavy atom. The van der Waals surface area contributed by atoms with Crippen molar-refractivity contribution in [2.24, 2.45) is 0 Å². The number of benzene rings is 2. The van der Waals surface area contributed by atoms with Crippen molar-refractivity contribution in [2.75, 3.05) is 36.4 Å². The van der Waals surface area contributed by atoms with Crippen molar-refractivity contribution in [1.29, 1.82) is 0 Å². The molecule has 0 saturated carbocycles. The van der Waals surface area contributed by atoms with Crippen LogP contribution in [0, 0.1) is 6.92 Å². The minimum atomic E-state index is -0.243. The number of rotatable bonds is 5. The van der Waals surface area contributed by atoms with Crippen LogP contribution in [0.4, 0.5) is 11.4 Å². The third-order valence-electron chi connectivity index (χ3n) is 5.08. The third kappa shape index (κ3) is 5.22. The Hall–Kier alpha value is -2.24. The van der Waals surface area contributed by atoms with Gasteiger partial charge in [0.15, 0.2) is 0 Å². The summed E-state index contributed by atoms with van der Waals surface area (Å²) in [6.07, 6.45) is 1.44. The van der Waals surface area contributed by atoms with Crippen LogP contribution >= 0.6 is 23.2 Å². The number of carbonyl (C=O) groups is 2. The lowest BCUT2D eigenvalue weighted by Gasteiger charge is -2.37. The van der Waals surface area contributed by atoms with E-state index in [0.29, 0.717) is 53.9 Å². The van der Waals surface area contributed by atoms with Gasteiger partial charge in [-0.1, -0.05) is 36.2 Å². The molecule has 2 aromatic carbocycles. The van der Waals surface area contributed by atoms with Crippen LogP contribution in [-0.4, -0.2) is 42.9 Å². The van der Waals surface area contributed by atoms with Gasteiger partial charge in [0.2, 0.25) is 5.91 Å². The van der Waals surface area contributed by atoms with E-state index in [1.165, 1.54) is 0 Å². The van der Waals surface area contributed by atoms with Crippen molar-refractivity contribution < 1.29 is 9.59 Å². The topological polar surface area (TPSA) is 52.7 Å². The van der Waals surface area contributed by atoms with Gasteiger partial charge >= 0.3 is 0 Å². The van der Waals surface area contributed by atoms with E-state index in [0.717, 1.165) is 17.7 Å². The number of halogens is 2. The first-order valence-corrected chi connectivity index (χ1v) is 10.5. The first-order valence-electron chi connectivity index (χ1n) is 9.79. The summed E-state index contributed by atoms with van der Waals surface area (Å²) in [6.45, 7) is 6.65. The number of anilines is 2. The van der Waals surface area contributed by atoms with E-state index in [1.54, 1.807) is 18.2 Å². The van der Waals surface area contributed by atoms with Gasteiger partial charge in [-0.05, 0) is 49.2 Å². The van der Waals surface area contributed by atoms with Gasteiger partial charge in [-0.2, -0.15) is 0 Å². The zero-order valence-corrected chi connectivity index (χ0v) is 18.2. The highest BCUT2D eigenvalue weighted by Crippen LogP contribution is 2.31. The second kappa shape index (κ2) is 9.51. The summed E-state index contributed by atoms with van der Waals surface area (Å²) in [5, 5.41) is 4.06. The highest BCUT2D eigenvalue weighted by molar-refractivity contribution is 6.32. The maximum atomic E-state index is 12.8. The molecule has 3 rings (SSSR count). The van der Waals surface area contributed by atoms with Crippen molar-refractivity contribution in [1.82, 2.24) is 4.90 Å². The molecule has 0 aromatic heterocycles. The molecule has 154 valence electrons. The molecule has 1 N–H and O–H groups in total. The molecule has 0 radical (unpaired) electrons. The largest absolute Gasteiger partial charge is 0.366 e. The Labute approximate surface area is 181 Å². The molecule has 1 fully saturated rings. The molecule has 0 atom stereocenters. The van der Waals surface area contributed by atoms with Gasteiger partial charge in [-0.25, -0.2) is 0 Å². The van der Waals surface area contributed by atoms with Crippen LogP contribution in [-0.2, 0) is 4.79 Å². The monoisotopic (exact) mass is 433 g/mol. The van der Waals surface area contributed by atoms with Crippen molar-refractivity contribution >= 4 is 46.4 Å². The molecule has 0 unspecified atom stereocenters. The lowest BCUT2D eigenvalue weighted by atomic mass is 10.1. The van der Waals surface area contributed by atoms with Crippen LogP contribution < -0.4 is 10.2 Å². The van der Waals surface area contributed by atoms with E-state index >= 15 is 0 Å². The zero-order valence-electron chi connectivity index (χ0n) is 16.7. The number of aryl methyl sites for hydroxylation is 1. The minimum Gasteiger partial charge on any atom is -0.366 e. The van der Waals surface area contributed by atoms with E-state index in [-0.39, 0.29) is 11.8 Å². The Kier molecular flexibility index (Phi) is 7.04.